The first-order valence-corrected chi connectivity index (χ1v) is 9.87. The number of benzene rings is 2. The van der Waals surface area contributed by atoms with E-state index in [2.05, 4.69) is 31.1 Å². The summed E-state index contributed by atoms with van der Waals surface area (Å²) in [5.41, 5.74) is 2.70. The van der Waals surface area contributed by atoms with E-state index in [0.29, 0.717) is 10.9 Å². The second kappa shape index (κ2) is 8.44. The predicted molar refractivity (Wildman–Crippen MR) is 113 cm³/mol. The van der Waals surface area contributed by atoms with Crippen LogP contribution in [0.3, 0.4) is 0 Å². The van der Waals surface area contributed by atoms with Gasteiger partial charge in [-0.3, -0.25) is 10.1 Å². The lowest BCUT2D eigenvalue weighted by atomic mass is 9.86. The van der Waals surface area contributed by atoms with Crippen molar-refractivity contribution in [2.75, 3.05) is 19.0 Å². The number of anilines is 1. The van der Waals surface area contributed by atoms with Crippen LogP contribution >= 0.6 is 11.3 Å². The molecule has 28 heavy (non-hydrogen) atoms. The highest BCUT2D eigenvalue weighted by Crippen LogP contribution is 2.34. The normalized spacial score (nSPS) is 11.1. The van der Waals surface area contributed by atoms with E-state index < -0.39 is 0 Å². The van der Waals surface area contributed by atoms with Crippen molar-refractivity contribution in [2.24, 2.45) is 0 Å². The summed E-state index contributed by atoms with van der Waals surface area (Å²) in [6, 6.07) is 15.5. The van der Waals surface area contributed by atoms with Crippen molar-refractivity contribution >= 4 is 22.4 Å². The Labute approximate surface area is 169 Å². The molecule has 1 amide bonds. The van der Waals surface area contributed by atoms with Crippen LogP contribution in [0.4, 0.5) is 5.13 Å². The quantitative estimate of drug-likeness (QED) is 0.627. The van der Waals surface area contributed by atoms with Gasteiger partial charge in [-0.15, -0.1) is 11.3 Å². The van der Waals surface area contributed by atoms with Crippen LogP contribution in [0.2, 0.25) is 0 Å². The molecule has 3 rings (SSSR count). The summed E-state index contributed by atoms with van der Waals surface area (Å²) < 4.78 is 11.1. The average Bonchev–Trinajstić information content (AvgIpc) is 3.14. The van der Waals surface area contributed by atoms with Crippen molar-refractivity contribution in [3.63, 3.8) is 0 Å². The molecule has 146 valence electrons. The summed E-state index contributed by atoms with van der Waals surface area (Å²) in [6.45, 7) is 6.19. The predicted octanol–water partition coefficient (Wildman–Crippen LogP) is 5.13. The van der Waals surface area contributed by atoms with Crippen LogP contribution < -0.4 is 14.8 Å². The van der Waals surface area contributed by atoms with Crippen molar-refractivity contribution < 1.29 is 14.3 Å². The third-order valence-electron chi connectivity index (χ3n) is 4.17. The van der Waals surface area contributed by atoms with Crippen LogP contribution in [0.15, 0.2) is 53.9 Å². The molecule has 1 N–H and O–H groups in total. The van der Waals surface area contributed by atoms with Gasteiger partial charge in [0, 0.05) is 16.5 Å². The van der Waals surface area contributed by atoms with Crippen molar-refractivity contribution in [3.05, 3.63) is 59.5 Å². The highest BCUT2D eigenvalue weighted by molar-refractivity contribution is 7.14. The van der Waals surface area contributed by atoms with Gasteiger partial charge in [0.1, 0.15) is 11.5 Å². The molecule has 1 aromatic heterocycles. The van der Waals surface area contributed by atoms with E-state index in [4.69, 9.17) is 9.47 Å². The number of hydrogen-bond donors (Lipinski definition) is 1. The third-order valence-corrected chi connectivity index (χ3v) is 4.93. The maximum Gasteiger partial charge on any atom is 0.264 e. The molecular weight excluding hydrogens is 372 g/mol. The minimum absolute atomic E-state index is 0.0876. The summed E-state index contributed by atoms with van der Waals surface area (Å²) in [7, 11) is 1.63. The first-order chi connectivity index (χ1) is 13.4. The van der Waals surface area contributed by atoms with Crippen LogP contribution in [-0.4, -0.2) is 24.6 Å². The van der Waals surface area contributed by atoms with Crippen LogP contribution in [-0.2, 0) is 10.2 Å². The van der Waals surface area contributed by atoms with E-state index in [1.165, 1.54) is 11.3 Å². The second-order valence-electron chi connectivity index (χ2n) is 7.35. The lowest BCUT2D eigenvalue weighted by Crippen LogP contribution is -2.22. The van der Waals surface area contributed by atoms with Crippen molar-refractivity contribution in [1.82, 2.24) is 4.98 Å². The Bertz CT molecular complexity index is 946. The summed E-state index contributed by atoms with van der Waals surface area (Å²) in [4.78, 5) is 16.8. The van der Waals surface area contributed by atoms with Gasteiger partial charge in [0.25, 0.3) is 5.91 Å². The fourth-order valence-corrected chi connectivity index (χ4v) is 3.46. The van der Waals surface area contributed by atoms with E-state index >= 15 is 0 Å². The number of methoxy groups -OCH3 is 1. The van der Waals surface area contributed by atoms with E-state index in [0.717, 1.165) is 22.6 Å². The number of rotatable bonds is 6. The molecule has 1 heterocycles. The lowest BCUT2D eigenvalue weighted by molar-refractivity contribution is -0.118. The molecule has 6 heteroatoms. The highest BCUT2D eigenvalue weighted by atomic mass is 32.1. The number of carbonyl (C=O) groups is 1. The minimum Gasteiger partial charge on any atom is -0.497 e. The maximum atomic E-state index is 12.3. The molecule has 0 fully saturated rings. The number of nitrogens with one attached hydrogen (secondary N) is 1. The first-order valence-electron chi connectivity index (χ1n) is 8.99. The molecule has 5 nitrogen and oxygen atoms in total. The van der Waals surface area contributed by atoms with Gasteiger partial charge in [0.15, 0.2) is 11.7 Å². The molecule has 0 saturated carbocycles. The third kappa shape index (κ3) is 4.89. The SMILES string of the molecule is COc1ccc(OCC(=O)Nc2nc(-c3ccccc3)cs2)c(C(C)(C)C)c1. The van der Waals surface area contributed by atoms with E-state index in [-0.39, 0.29) is 17.9 Å². The molecule has 0 aliphatic heterocycles. The zero-order chi connectivity index (χ0) is 20.1. The van der Waals surface area contributed by atoms with Crippen molar-refractivity contribution in [1.29, 1.82) is 0 Å². The summed E-state index contributed by atoms with van der Waals surface area (Å²) in [5, 5.41) is 5.28. The average molecular weight is 397 g/mol. The van der Waals surface area contributed by atoms with Gasteiger partial charge in [-0.25, -0.2) is 4.98 Å². The molecule has 0 atom stereocenters. The molecule has 0 aliphatic rings. The van der Waals surface area contributed by atoms with Crippen molar-refractivity contribution in [2.45, 2.75) is 26.2 Å². The van der Waals surface area contributed by atoms with Gasteiger partial charge >= 0.3 is 0 Å². The summed E-state index contributed by atoms with van der Waals surface area (Å²) in [5.74, 6) is 1.19. The Morgan fingerprint density at radius 2 is 1.89 bits per heavy atom. The number of carbonyl (C=O) groups excluding carboxylic acids is 1. The smallest absolute Gasteiger partial charge is 0.264 e. The fourth-order valence-electron chi connectivity index (χ4n) is 2.72. The highest BCUT2D eigenvalue weighted by Gasteiger charge is 2.20. The van der Waals surface area contributed by atoms with Gasteiger partial charge in [0.2, 0.25) is 0 Å². The number of aromatic nitrogens is 1. The maximum absolute atomic E-state index is 12.3. The minimum atomic E-state index is -0.246. The van der Waals surface area contributed by atoms with Crippen LogP contribution in [0.5, 0.6) is 11.5 Å². The molecule has 2 aromatic carbocycles. The van der Waals surface area contributed by atoms with E-state index in [1.54, 1.807) is 7.11 Å². The molecule has 0 aliphatic carbocycles. The topological polar surface area (TPSA) is 60.5 Å². The fraction of sp³-hybridized carbons (Fsp3) is 0.273. The molecule has 3 aromatic rings. The Hall–Kier alpha value is -2.86. The number of ether oxygens (including phenoxy) is 2. The molecular formula is C22H24N2O3S. The van der Waals surface area contributed by atoms with Crippen LogP contribution in [0, 0.1) is 0 Å². The van der Waals surface area contributed by atoms with E-state index in [1.807, 2.05) is 53.9 Å². The lowest BCUT2D eigenvalue weighted by Gasteiger charge is -2.23. The number of amides is 1. The zero-order valence-electron chi connectivity index (χ0n) is 16.5. The number of thiazole rings is 1. The molecule has 0 saturated heterocycles. The van der Waals surface area contributed by atoms with Crippen LogP contribution in [0.1, 0.15) is 26.3 Å². The largest absolute Gasteiger partial charge is 0.497 e. The summed E-state index contributed by atoms with van der Waals surface area (Å²) in [6.07, 6.45) is 0. The monoisotopic (exact) mass is 396 g/mol. The Kier molecular flexibility index (Phi) is 5.99. The zero-order valence-corrected chi connectivity index (χ0v) is 17.3. The Morgan fingerprint density at radius 1 is 1.14 bits per heavy atom. The van der Waals surface area contributed by atoms with Gasteiger partial charge in [0.05, 0.1) is 12.8 Å². The van der Waals surface area contributed by atoms with Crippen molar-refractivity contribution in [3.8, 4) is 22.8 Å². The number of hydrogen-bond acceptors (Lipinski definition) is 5. The second-order valence-corrected chi connectivity index (χ2v) is 8.21. The first kappa shape index (κ1) is 19.9. The van der Waals surface area contributed by atoms with Gasteiger partial charge in [-0.1, -0.05) is 51.1 Å². The van der Waals surface area contributed by atoms with Gasteiger partial charge in [-0.05, 0) is 23.6 Å². The molecule has 0 radical (unpaired) electrons. The molecule has 0 unspecified atom stereocenters. The summed E-state index contributed by atoms with van der Waals surface area (Å²) >= 11 is 1.39. The molecule has 0 bridgehead atoms. The standard InChI is InChI=1S/C22H24N2O3S/c1-22(2,3)17-12-16(26-4)10-11-19(17)27-13-20(25)24-21-23-18(14-28-21)15-8-6-5-7-9-15/h5-12,14H,13H2,1-4H3,(H,23,24,25). The Balaban J connectivity index is 1.64. The van der Waals surface area contributed by atoms with Gasteiger partial charge < -0.3 is 9.47 Å². The van der Waals surface area contributed by atoms with Crippen LogP contribution in [0.25, 0.3) is 11.3 Å². The number of nitrogens with zero attached hydrogens (tertiary/aromatic N) is 1. The van der Waals surface area contributed by atoms with Gasteiger partial charge in [-0.2, -0.15) is 0 Å². The van der Waals surface area contributed by atoms with E-state index in [9.17, 15) is 4.79 Å². The Morgan fingerprint density at radius 3 is 2.57 bits per heavy atom. The molecule has 0 spiro atoms.